The van der Waals surface area contributed by atoms with Crippen molar-refractivity contribution in [2.24, 2.45) is 0 Å². The molecule has 0 aliphatic carbocycles. The molecule has 8 heteroatoms. The summed E-state index contributed by atoms with van der Waals surface area (Å²) in [4.78, 5) is 14.5. The summed E-state index contributed by atoms with van der Waals surface area (Å²) in [5.41, 5.74) is 5.95. The van der Waals surface area contributed by atoms with Crippen LogP contribution >= 0.6 is 0 Å². The van der Waals surface area contributed by atoms with E-state index in [2.05, 4.69) is 41.1 Å². The summed E-state index contributed by atoms with van der Waals surface area (Å²) < 4.78 is 23.7. The number of carbonyl (C=O) groups is 1. The van der Waals surface area contributed by atoms with E-state index in [1.54, 1.807) is 7.11 Å². The number of ether oxygens (including phenoxy) is 4. The lowest BCUT2D eigenvalue weighted by atomic mass is 9.97. The van der Waals surface area contributed by atoms with E-state index in [-0.39, 0.29) is 25.4 Å². The zero-order chi connectivity index (χ0) is 30.0. The average molecular weight is 587 g/mol. The molecule has 3 aromatic carbocycles. The van der Waals surface area contributed by atoms with Crippen LogP contribution in [0.3, 0.4) is 0 Å². The molecule has 4 atom stereocenters. The number of amides is 1. The zero-order valence-electron chi connectivity index (χ0n) is 24.8. The SMILES string of the molecule is C=CCOC(=O)NCc1ccccc1-c1ccc([C@H]2O[C@@H](CN3CCC[C@H]3COC)C[C@@H](c3ccc(CO)cc3)O2)cc1. The number of carbonyl (C=O) groups excluding carboxylic acids is 1. The topological polar surface area (TPSA) is 89.5 Å². The maximum Gasteiger partial charge on any atom is 0.407 e. The molecule has 5 rings (SSSR count). The Morgan fingerprint density at radius 2 is 1.84 bits per heavy atom. The number of aliphatic hydroxyl groups excluding tert-OH is 1. The van der Waals surface area contributed by atoms with E-state index >= 15 is 0 Å². The number of nitrogens with one attached hydrogen (secondary N) is 1. The monoisotopic (exact) mass is 586 g/mol. The maximum atomic E-state index is 12.0. The minimum atomic E-state index is -0.518. The molecule has 0 aromatic heterocycles. The summed E-state index contributed by atoms with van der Waals surface area (Å²) in [6.45, 7) is 6.70. The van der Waals surface area contributed by atoms with E-state index < -0.39 is 12.4 Å². The van der Waals surface area contributed by atoms with Crippen LogP contribution in [0.5, 0.6) is 0 Å². The third kappa shape index (κ3) is 8.10. The largest absolute Gasteiger partial charge is 0.445 e. The molecule has 8 nitrogen and oxygen atoms in total. The molecule has 43 heavy (non-hydrogen) atoms. The van der Waals surface area contributed by atoms with Crippen molar-refractivity contribution in [1.82, 2.24) is 10.2 Å². The molecule has 2 aliphatic rings. The van der Waals surface area contributed by atoms with Gasteiger partial charge in [-0.15, -0.1) is 0 Å². The Labute approximate surface area is 254 Å². The predicted molar refractivity (Wildman–Crippen MR) is 165 cm³/mol. The Bertz CT molecular complexity index is 1330. The van der Waals surface area contributed by atoms with Gasteiger partial charge in [-0.2, -0.15) is 0 Å². The molecule has 228 valence electrons. The van der Waals surface area contributed by atoms with E-state index in [0.29, 0.717) is 12.6 Å². The van der Waals surface area contributed by atoms with Gasteiger partial charge in [-0.3, -0.25) is 4.90 Å². The molecule has 2 heterocycles. The first kappa shape index (κ1) is 30.9. The van der Waals surface area contributed by atoms with Gasteiger partial charge in [-0.1, -0.05) is 85.5 Å². The third-order valence-corrected chi connectivity index (χ3v) is 8.18. The van der Waals surface area contributed by atoms with Crippen LogP contribution in [0, 0.1) is 0 Å². The van der Waals surface area contributed by atoms with E-state index in [1.807, 2.05) is 48.5 Å². The lowest BCUT2D eigenvalue weighted by molar-refractivity contribution is -0.253. The van der Waals surface area contributed by atoms with Crippen molar-refractivity contribution in [3.05, 3.63) is 108 Å². The molecule has 2 fully saturated rings. The van der Waals surface area contributed by atoms with Gasteiger partial charge in [0.2, 0.25) is 0 Å². The van der Waals surface area contributed by atoms with Crippen LogP contribution in [0.25, 0.3) is 11.1 Å². The van der Waals surface area contributed by atoms with Gasteiger partial charge >= 0.3 is 6.09 Å². The van der Waals surface area contributed by atoms with Crippen LogP contribution in [-0.2, 0) is 32.1 Å². The van der Waals surface area contributed by atoms with Crippen molar-refractivity contribution >= 4 is 6.09 Å². The van der Waals surface area contributed by atoms with E-state index in [1.165, 1.54) is 12.5 Å². The fraction of sp³-hybridized carbons (Fsp3) is 0.400. The van der Waals surface area contributed by atoms with Gasteiger partial charge in [0, 0.05) is 38.2 Å². The lowest BCUT2D eigenvalue weighted by Crippen LogP contribution is -2.42. The van der Waals surface area contributed by atoms with Crippen LogP contribution in [0.15, 0.2) is 85.5 Å². The molecule has 3 aromatic rings. The van der Waals surface area contributed by atoms with Gasteiger partial charge in [0.25, 0.3) is 0 Å². The number of aliphatic hydroxyl groups is 1. The predicted octanol–water partition coefficient (Wildman–Crippen LogP) is 5.91. The van der Waals surface area contributed by atoms with Crippen LogP contribution in [0.2, 0.25) is 0 Å². The van der Waals surface area contributed by atoms with Crippen LogP contribution in [0.4, 0.5) is 4.79 Å². The summed E-state index contributed by atoms with van der Waals surface area (Å²) in [6, 6.07) is 24.6. The van der Waals surface area contributed by atoms with Crippen molar-refractivity contribution in [2.45, 2.75) is 57.0 Å². The number of methoxy groups -OCH3 is 1. The average Bonchev–Trinajstić information content (AvgIpc) is 3.49. The molecule has 0 radical (unpaired) electrons. The van der Waals surface area contributed by atoms with Crippen LogP contribution in [0.1, 0.15) is 53.9 Å². The van der Waals surface area contributed by atoms with Gasteiger partial charge in [-0.05, 0) is 47.2 Å². The highest BCUT2D eigenvalue weighted by molar-refractivity contribution is 5.70. The molecule has 0 bridgehead atoms. The molecule has 2 aliphatic heterocycles. The smallest absolute Gasteiger partial charge is 0.407 e. The van der Waals surface area contributed by atoms with Gasteiger partial charge in [-0.25, -0.2) is 4.79 Å². The quantitative estimate of drug-likeness (QED) is 0.255. The number of rotatable bonds is 12. The number of hydrogen-bond acceptors (Lipinski definition) is 7. The number of hydrogen-bond donors (Lipinski definition) is 2. The molecular formula is C35H42N2O6. The second kappa shape index (κ2) is 15.3. The van der Waals surface area contributed by atoms with Crippen molar-refractivity contribution in [2.75, 3.05) is 33.4 Å². The Hall–Kier alpha value is -3.53. The van der Waals surface area contributed by atoms with E-state index in [9.17, 15) is 9.90 Å². The summed E-state index contributed by atoms with van der Waals surface area (Å²) in [6.07, 6.45) is 3.46. The van der Waals surface area contributed by atoms with Gasteiger partial charge in [0.15, 0.2) is 6.29 Å². The highest BCUT2D eigenvalue weighted by atomic mass is 16.7. The lowest BCUT2D eigenvalue weighted by Gasteiger charge is -2.38. The number of alkyl carbamates (subject to hydrolysis) is 1. The molecule has 0 unspecified atom stereocenters. The molecule has 1 amide bonds. The Morgan fingerprint density at radius 3 is 2.58 bits per heavy atom. The number of benzene rings is 3. The van der Waals surface area contributed by atoms with Crippen molar-refractivity contribution < 1.29 is 28.8 Å². The van der Waals surface area contributed by atoms with Crippen molar-refractivity contribution in [3.63, 3.8) is 0 Å². The fourth-order valence-corrected chi connectivity index (χ4v) is 5.94. The molecule has 0 saturated carbocycles. The minimum absolute atomic E-state index is 0.00829. The fourth-order valence-electron chi connectivity index (χ4n) is 5.94. The highest BCUT2D eigenvalue weighted by Crippen LogP contribution is 2.39. The van der Waals surface area contributed by atoms with E-state index in [4.69, 9.17) is 18.9 Å². The van der Waals surface area contributed by atoms with Crippen molar-refractivity contribution in [3.8, 4) is 11.1 Å². The number of nitrogens with zero attached hydrogens (tertiary/aromatic N) is 1. The van der Waals surface area contributed by atoms with Crippen molar-refractivity contribution in [1.29, 1.82) is 0 Å². The Kier molecular flexibility index (Phi) is 11.0. The maximum absolute atomic E-state index is 12.0. The van der Waals surface area contributed by atoms with Gasteiger partial charge in [0.05, 0.1) is 25.4 Å². The van der Waals surface area contributed by atoms with E-state index in [0.717, 1.165) is 65.9 Å². The third-order valence-electron chi connectivity index (χ3n) is 8.18. The molecule has 2 saturated heterocycles. The molecule has 2 N–H and O–H groups in total. The zero-order valence-corrected chi connectivity index (χ0v) is 24.8. The Balaban J connectivity index is 1.33. The first-order valence-electron chi connectivity index (χ1n) is 15.0. The van der Waals surface area contributed by atoms with Gasteiger partial charge in [0.1, 0.15) is 6.61 Å². The summed E-state index contributed by atoms with van der Waals surface area (Å²) >= 11 is 0. The van der Waals surface area contributed by atoms with Crippen LogP contribution < -0.4 is 5.32 Å². The normalized spacial score (nSPS) is 22.3. The molecule has 0 spiro atoms. The summed E-state index contributed by atoms with van der Waals surface area (Å²) in [7, 11) is 1.76. The molecular weight excluding hydrogens is 544 g/mol. The first-order chi connectivity index (χ1) is 21.1. The second-order valence-corrected chi connectivity index (χ2v) is 11.1. The minimum Gasteiger partial charge on any atom is -0.445 e. The second-order valence-electron chi connectivity index (χ2n) is 11.1. The first-order valence-corrected chi connectivity index (χ1v) is 15.0. The van der Waals surface area contributed by atoms with Crippen LogP contribution in [-0.4, -0.2) is 61.7 Å². The number of likely N-dealkylation sites (tertiary alicyclic amines) is 1. The van der Waals surface area contributed by atoms with Gasteiger partial charge < -0.3 is 29.4 Å². The standard InChI is InChI=1S/C35H42N2O6/c1-3-19-41-35(39)36-21-29-7-4-5-9-32(29)26-14-16-28(17-15-26)34-42-31(22-37-18-6-8-30(37)24-40-2)20-33(43-34)27-12-10-25(23-38)11-13-27/h3-5,7,9-17,30-31,33-34,38H,1,6,8,18-24H2,2H3,(H,36,39)/t30-,31+,33-,34-/m0/s1. The summed E-state index contributed by atoms with van der Waals surface area (Å²) in [5.74, 6) is 0. The Morgan fingerprint density at radius 1 is 1.07 bits per heavy atom. The highest BCUT2D eigenvalue weighted by Gasteiger charge is 2.35. The summed E-state index contributed by atoms with van der Waals surface area (Å²) in [5, 5.41) is 12.3.